The molecule has 0 spiro atoms. The summed E-state index contributed by atoms with van der Waals surface area (Å²) in [5, 5.41) is 14.8. The molecule has 1 fully saturated rings. The fourth-order valence-electron chi connectivity index (χ4n) is 5.26. The third kappa shape index (κ3) is 5.66. The normalized spacial score (nSPS) is 18.1. The second-order valence-corrected chi connectivity index (χ2v) is 11.8. The van der Waals surface area contributed by atoms with Crippen LogP contribution in [0.25, 0.3) is 10.2 Å². The van der Waals surface area contributed by atoms with Gasteiger partial charge in [0.1, 0.15) is 12.2 Å². The van der Waals surface area contributed by atoms with Gasteiger partial charge in [-0.2, -0.15) is 0 Å². The predicted molar refractivity (Wildman–Crippen MR) is 147 cm³/mol. The molecule has 2 aromatic heterocycles. The maximum atomic E-state index is 13.5. The van der Waals surface area contributed by atoms with E-state index in [9.17, 15) is 19.5 Å². The summed E-state index contributed by atoms with van der Waals surface area (Å²) in [6.07, 6.45) is 0.175. The number of carboxylic acid groups (broad SMARTS) is 1. The van der Waals surface area contributed by atoms with Crippen molar-refractivity contribution in [3.63, 3.8) is 0 Å². The molecular weight excluding hydrogens is 488 g/mol. The van der Waals surface area contributed by atoms with Gasteiger partial charge in [0.15, 0.2) is 0 Å². The zero-order valence-corrected chi connectivity index (χ0v) is 23.0. The lowest BCUT2D eigenvalue weighted by Gasteiger charge is -2.44. The van der Waals surface area contributed by atoms with Gasteiger partial charge in [-0.15, -0.1) is 11.3 Å². The van der Waals surface area contributed by atoms with Gasteiger partial charge in [-0.05, 0) is 67.3 Å². The zero-order chi connectivity index (χ0) is 26.9. The van der Waals surface area contributed by atoms with Crippen LogP contribution in [0.15, 0.2) is 41.8 Å². The number of nitrogens with one attached hydrogen (secondary N) is 1. The first-order chi connectivity index (χ1) is 17.5. The van der Waals surface area contributed by atoms with Crippen LogP contribution in [0.5, 0.6) is 0 Å². The van der Waals surface area contributed by atoms with E-state index in [-0.39, 0.29) is 35.9 Å². The van der Waals surface area contributed by atoms with Crippen LogP contribution in [-0.2, 0) is 11.3 Å². The van der Waals surface area contributed by atoms with Crippen LogP contribution in [0, 0.1) is 12.3 Å². The topological polar surface area (TPSA) is 94.9 Å². The Bertz CT molecular complexity index is 1300. The second-order valence-electron chi connectivity index (χ2n) is 10.8. The standard InChI is InChI=1S/C28H36N4O4S/c1-6-30(20-9-7-8-18(2)14-20)25(33)17-32-21-11-13-37-23(21)16-22(32)26(34)29-19-10-12-31(27(35)36)24(15-19)28(3,4)5/h7-9,11,13-14,16,19,24H,6,10,12,15,17H2,1-5H3,(H,29,34)(H,35,36). The van der Waals surface area contributed by atoms with Crippen molar-refractivity contribution in [2.24, 2.45) is 5.41 Å². The number of hydrogen-bond acceptors (Lipinski definition) is 4. The SMILES string of the molecule is CCN(C(=O)Cn1c(C(=O)NC2CCN(C(=O)O)C(C(C)(C)C)C2)cc2sccc21)c1cccc(C)c1. The highest BCUT2D eigenvalue weighted by Crippen LogP contribution is 2.33. The Hall–Kier alpha value is -3.33. The molecule has 3 amide bonds. The van der Waals surface area contributed by atoms with Crippen molar-refractivity contribution in [2.75, 3.05) is 18.0 Å². The van der Waals surface area contributed by atoms with Gasteiger partial charge in [-0.25, -0.2) is 4.79 Å². The molecule has 3 aromatic rings. The van der Waals surface area contributed by atoms with Gasteiger partial charge in [-0.3, -0.25) is 9.59 Å². The fraction of sp³-hybridized carbons (Fsp3) is 0.464. The average molecular weight is 525 g/mol. The lowest BCUT2D eigenvalue weighted by atomic mass is 9.79. The van der Waals surface area contributed by atoms with E-state index in [4.69, 9.17) is 0 Å². The molecule has 0 saturated carbocycles. The van der Waals surface area contributed by atoms with Gasteiger partial charge >= 0.3 is 6.09 Å². The summed E-state index contributed by atoms with van der Waals surface area (Å²) >= 11 is 1.53. The Labute approximate surface area is 221 Å². The quantitative estimate of drug-likeness (QED) is 0.454. The van der Waals surface area contributed by atoms with Gasteiger partial charge in [0.25, 0.3) is 5.91 Å². The van der Waals surface area contributed by atoms with Crippen molar-refractivity contribution < 1.29 is 19.5 Å². The van der Waals surface area contributed by atoms with E-state index in [0.717, 1.165) is 21.5 Å². The molecule has 2 unspecified atom stereocenters. The molecular formula is C28H36N4O4S. The molecule has 0 radical (unpaired) electrons. The molecule has 4 rings (SSSR count). The molecule has 1 saturated heterocycles. The number of hydrogen-bond donors (Lipinski definition) is 2. The number of nitrogens with zero attached hydrogens (tertiary/aromatic N) is 3. The number of fused-ring (bicyclic) bond motifs is 1. The van der Waals surface area contributed by atoms with Gasteiger partial charge in [-0.1, -0.05) is 32.9 Å². The number of aryl methyl sites for hydroxylation is 1. The first-order valence-electron chi connectivity index (χ1n) is 12.7. The Morgan fingerprint density at radius 2 is 1.95 bits per heavy atom. The molecule has 37 heavy (non-hydrogen) atoms. The summed E-state index contributed by atoms with van der Waals surface area (Å²) in [6.45, 7) is 11.0. The first-order valence-corrected chi connectivity index (χ1v) is 13.6. The molecule has 8 nitrogen and oxygen atoms in total. The molecule has 198 valence electrons. The molecule has 1 aliphatic heterocycles. The second kappa shape index (κ2) is 10.6. The average Bonchev–Trinajstić information content (AvgIpc) is 3.41. The summed E-state index contributed by atoms with van der Waals surface area (Å²) in [5.41, 5.74) is 2.97. The predicted octanol–water partition coefficient (Wildman–Crippen LogP) is 5.35. The molecule has 3 heterocycles. The van der Waals surface area contributed by atoms with Crippen molar-refractivity contribution in [1.29, 1.82) is 0 Å². The largest absolute Gasteiger partial charge is 0.465 e. The third-order valence-electron chi connectivity index (χ3n) is 7.16. The lowest BCUT2D eigenvalue weighted by Crippen LogP contribution is -2.56. The maximum absolute atomic E-state index is 13.5. The molecule has 1 aromatic carbocycles. The number of carbonyl (C=O) groups excluding carboxylic acids is 2. The summed E-state index contributed by atoms with van der Waals surface area (Å²) < 4.78 is 2.75. The number of rotatable bonds is 6. The third-order valence-corrected chi connectivity index (χ3v) is 8.02. The minimum Gasteiger partial charge on any atom is -0.465 e. The number of carbonyl (C=O) groups is 3. The Balaban J connectivity index is 1.56. The van der Waals surface area contributed by atoms with Gasteiger partial charge < -0.3 is 24.8 Å². The van der Waals surface area contributed by atoms with Gasteiger partial charge in [0.05, 0.1) is 10.2 Å². The van der Waals surface area contributed by atoms with Crippen LogP contribution in [0.3, 0.4) is 0 Å². The number of amides is 3. The maximum Gasteiger partial charge on any atom is 0.407 e. The number of thiophene rings is 1. The molecule has 2 N–H and O–H groups in total. The molecule has 2 atom stereocenters. The minimum atomic E-state index is -0.925. The Morgan fingerprint density at radius 3 is 2.59 bits per heavy atom. The van der Waals surface area contributed by atoms with Crippen molar-refractivity contribution in [2.45, 2.75) is 66.1 Å². The number of benzene rings is 1. The highest BCUT2D eigenvalue weighted by molar-refractivity contribution is 7.17. The first kappa shape index (κ1) is 26.7. The number of likely N-dealkylation sites (N-methyl/N-ethyl adjacent to an activating group) is 1. The van der Waals surface area contributed by atoms with Crippen molar-refractivity contribution >= 4 is 45.1 Å². The monoisotopic (exact) mass is 524 g/mol. The van der Waals surface area contributed by atoms with Crippen molar-refractivity contribution in [3.8, 4) is 0 Å². The number of likely N-dealkylation sites (tertiary alicyclic amines) is 1. The Morgan fingerprint density at radius 1 is 1.19 bits per heavy atom. The highest BCUT2D eigenvalue weighted by Gasteiger charge is 2.39. The summed E-state index contributed by atoms with van der Waals surface area (Å²) in [4.78, 5) is 42.0. The molecule has 1 aliphatic rings. The Kier molecular flexibility index (Phi) is 7.64. The number of piperidine rings is 1. The van der Waals surface area contributed by atoms with E-state index in [2.05, 4.69) is 5.32 Å². The van der Waals surface area contributed by atoms with E-state index < -0.39 is 6.09 Å². The lowest BCUT2D eigenvalue weighted by molar-refractivity contribution is -0.119. The van der Waals surface area contributed by atoms with E-state index >= 15 is 0 Å². The van der Waals surface area contributed by atoms with E-state index in [0.29, 0.717) is 31.6 Å². The van der Waals surface area contributed by atoms with E-state index in [1.54, 1.807) is 9.47 Å². The van der Waals surface area contributed by atoms with Gasteiger partial charge in [0.2, 0.25) is 5.91 Å². The highest BCUT2D eigenvalue weighted by atomic mass is 32.1. The van der Waals surface area contributed by atoms with Crippen LogP contribution in [0.1, 0.15) is 56.6 Å². The minimum absolute atomic E-state index is 0.0485. The number of aromatic nitrogens is 1. The van der Waals surface area contributed by atoms with Crippen molar-refractivity contribution in [1.82, 2.24) is 14.8 Å². The molecule has 0 aliphatic carbocycles. The summed E-state index contributed by atoms with van der Waals surface area (Å²) in [5.74, 6) is -0.329. The van der Waals surface area contributed by atoms with Crippen molar-refractivity contribution in [3.05, 3.63) is 53.0 Å². The van der Waals surface area contributed by atoms with Crippen LogP contribution >= 0.6 is 11.3 Å². The van der Waals surface area contributed by atoms with Crippen LogP contribution in [0.4, 0.5) is 10.5 Å². The summed E-state index contributed by atoms with van der Waals surface area (Å²) in [7, 11) is 0. The summed E-state index contributed by atoms with van der Waals surface area (Å²) in [6, 6.07) is 11.3. The fourth-order valence-corrected chi connectivity index (χ4v) is 6.08. The van der Waals surface area contributed by atoms with Gasteiger partial charge in [0, 0.05) is 30.9 Å². The van der Waals surface area contributed by atoms with E-state index in [1.165, 1.54) is 16.2 Å². The molecule has 0 bridgehead atoms. The smallest absolute Gasteiger partial charge is 0.407 e. The van der Waals surface area contributed by atoms with Crippen LogP contribution in [0.2, 0.25) is 0 Å². The molecule has 9 heteroatoms. The van der Waals surface area contributed by atoms with Crippen LogP contribution < -0.4 is 10.2 Å². The van der Waals surface area contributed by atoms with E-state index in [1.807, 2.05) is 76.4 Å². The zero-order valence-electron chi connectivity index (χ0n) is 22.2. The van der Waals surface area contributed by atoms with Crippen LogP contribution in [-0.4, -0.2) is 57.7 Å². The number of anilines is 1.